The summed E-state index contributed by atoms with van der Waals surface area (Å²) in [5.74, 6) is -1.06. The van der Waals surface area contributed by atoms with Gasteiger partial charge in [-0.2, -0.15) is 0 Å². The standard InChI is InChI=1S/C22H23NO4/c1-15(22(26)23-19-11-10-16-8-5-9-18(16)14-19)27-21(25)13-12-20(24)17-6-3-2-4-7-17/h2-4,6-7,10-11,14-15H,5,8-9,12-13H2,1H3,(H,23,26)/t15-/m0/s1. The van der Waals surface area contributed by atoms with Crippen molar-refractivity contribution in [1.29, 1.82) is 0 Å². The number of amides is 1. The zero-order chi connectivity index (χ0) is 19.2. The number of carbonyl (C=O) groups is 3. The number of anilines is 1. The van der Waals surface area contributed by atoms with Crippen LogP contribution in [0, 0.1) is 0 Å². The van der Waals surface area contributed by atoms with E-state index in [4.69, 9.17) is 4.74 Å². The Bertz CT molecular complexity index is 845. The molecule has 27 heavy (non-hydrogen) atoms. The molecule has 0 saturated heterocycles. The van der Waals surface area contributed by atoms with Crippen LogP contribution in [0.15, 0.2) is 48.5 Å². The molecule has 0 saturated carbocycles. The number of Topliss-reactive ketones (excluding diaryl/α,β-unsaturated/α-hetero) is 1. The van der Waals surface area contributed by atoms with Crippen LogP contribution in [0.1, 0.15) is 47.7 Å². The lowest BCUT2D eigenvalue weighted by molar-refractivity contribution is -0.153. The Morgan fingerprint density at radius 3 is 2.52 bits per heavy atom. The van der Waals surface area contributed by atoms with E-state index >= 15 is 0 Å². The Labute approximate surface area is 158 Å². The van der Waals surface area contributed by atoms with Crippen molar-refractivity contribution in [2.24, 2.45) is 0 Å². The van der Waals surface area contributed by atoms with Gasteiger partial charge >= 0.3 is 5.97 Å². The van der Waals surface area contributed by atoms with E-state index in [0.717, 1.165) is 19.3 Å². The van der Waals surface area contributed by atoms with E-state index in [1.165, 1.54) is 18.1 Å². The number of rotatable bonds is 7. The highest BCUT2D eigenvalue weighted by Gasteiger charge is 2.19. The molecule has 140 valence electrons. The Hall–Kier alpha value is -2.95. The largest absolute Gasteiger partial charge is 0.453 e. The molecule has 1 atom stereocenters. The molecule has 2 aromatic carbocycles. The fraction of sp³-hybridized carbons (Fsp3) is 0.318. The van der Waals surface area contributed by atoms with Crippen LogP contribution in [0.25, 0.3) is 0 Å². The minimum Gasteiger partial charge on any atom is -0.453 e. The number of fused-ring (bicyclic) bond motifs is 1. The maximum absolute atomic E-state index is 12.3. The van der Waals surface area contributed by atoms with E-state index in [1.54, 1.807) is 24.3 Å². The Kier molecular flexibility index (Phi) is 6.01. The van der Waals surface area contributed by atoms with Gasteiger partial charge in [0.15, 0.2) is 11.9 Å². The summed E-state index contributed by atoms with van der Waals surface area (Å²) in [6, 6.07) is 14.7. The van der Waals surface area contributed by atoms with Gasteiger partial charge in [-0.25, -0.2) is 0 Å². The van der Waals surface area contributed by atoms with Gasteiger partial charge in [0.25, 0.3) is 5.91 Å². The molecule has 5 heteroatoms. The van der Waals surface area contributed by atoms with Crippen LogP contribution in [-0.2, 0) is 27.2 Å². The van der Waals surface area contributed by atoms with Gasteiger partial charge in [0.2, 0.25) is 0 Å². The molecule has 3 rings (SSSR count). The lowest BCUT2D eigenvalue weighted by Crippen LogP contribution is -2.30. The van der Waals surface area contributed by atoms with E-state index < -0.39 is 12.1 Å². The summed E-state index contributed by atoms with van der Waals surface area (Å²) in [7, 11) is 0. The van der Waals surface area contributed by atoms with Crippen molar-refractivity contribution in [3.8, 4) is 0 Å². The first kappa shape index (κ1) is 18.8. The average molecular weight is 365 g/mol. The summed E-state index contributed by atoms with van der Waals surface area (Å²) in [6.45, 7) is 1.53. The molecule has 0 radical (unpaired) electrons. The van der Waals surface area contributed by atoms with Crippen LogP contribution in [0.2, 0.25) is 0 Å². The molecule has 0 spiro atoms. The molecule has 0 heterocycles. The number of hydrogen-bond acceptors (Lipinski definition) is 4. The van der Waals surface area contributed by atoms with Gasteiger partial charge in [-0.15, -0.1) is 0 Å². The average Bonchev–Trinajstić information content (AvgIpc) is 3.14. The molecular formula is C22H23NO4. The molecule has 1 aliphatic rings. The molecule has 1 aliphatic carbocycles. The van der Waals surface area contributed by atoms with Crippen molar-refractivity contribution in [2.75, 3.05) is 5.32 Å². The van der Waals surface area contributed by atoms with Crippen LogP contribution in [0.4, 0.5) is 5.69 Å². The van der Waals surface area contributed by atoms with E-state index in [1.807, 2.05) is 24.3 Å². The monoisotopic (exact) mass is 365 g/mol. The quantitative estimate of drug-likeness (QED) is 0.600. The minimum absolute atomic E-state index is 0.0514. The first-order valence-electron chi connectivity index (χ1n) is 9.23. The number of ether oxygens (including phenoxy) is 1. The molecular weight excluding hydrogens is 342 g/mol. The van der Waals surface area contributed by atoms with Gasteiger partial charge in [0.05, 0.1) is 6.42 Å². The summed E-state index contributed by atoms with van der Waals surface area (Å²) in [5.41, 5.74) is 3.86. The van der Waals surface area contributed by atoms with Crippen molar-refractivity contribution in [3.05, 3.63) is 65.2 Å². The molecule has 0 fully saturated rings. The maximum Gasteiger partial charge on any atom is 0.307 e. The van der Waals surface area contributed by atoms with E-state index in [-0.39, 0.29) is 24.5 Å². The van der Waals surface area contributed by atoms with Crippen molar-refractivity contribution in [1.82, 2.24) is 0 Å². The van der Waals surface area contributed by atoms with Gasteiger partial charge < -0.3 is 10.1 Å². The van der Waals surface area contributed by atoms with Crippen LogP contribution in [0.5, 0.6) is 0 Å². The maximum atomic E-state index is 12.3. The van der Waals surface area contributed by atoms with Crippen molar-refractivity contribution >= 4 is 23.3 Å². The zero-order valence-corrected chi connectivity index (χ0v) is 15.4. The Morgan fingerprint density at radius 2 is 1.74 bits per heavy atom. The summed E-state index contributed by atoms with van der Waals surface area (Å²) in [6.07, 6.45) is 2.34. The lowest BCUT2D eigenvalue weighted by Gasteiger charge is -2.14. The van der Waals surface area contributed by atoms with Crippen molar-refractivity contribution in [2.45, 2.75) is 45.1 Å². The smallest absolute Gasteiger partial charge is 0.307 e. The SMILES string of the molecule is C[C@H](OC(=O)CCC(=O)c1ccccc1)C(=O)Nc1ccc2c(c1)CCC2. The highest BCUT2D eigenvalue weighted by atomic mass is 16.5. The van der Waals surface area contributed by atoms with Gasteiger partial charge in [0.1, 0.15) is 0 Å². The highest BCUT2D eigenvalue weighted by molar-refractivity contribution is 5.98. The van der Waals surface area contributed by atoms with Gasteiger partial charge in [-0.1, -0.05) is 36.4 Å². The second-order valence-electron chi connectivity index (χ2n) is 6.75. The predicted molar refractivity (Wildman–Crippen MR) is 103 cm³/mol. The number of ketones is 1. The highest BCUT2D eigenvalue weighted by Crippen LogP contribution is 2.25. The molecule has 5 nitrogen and oxygen atoms in total. The number of carbonyl (C=O) groups excluding carboxylic acids is 3. The fourth-order valence-electron chi connectivity index (χ4n) is 3.19. The van der Waals surface area contributed by atoms with Crippen LogP contribution >= 0.6 is 0 Å². The molecule has 0 aromatic heterocycles. The number of hydrogen-bond donors (Lipinski definition) is 1. The fourth-order valence-corrected chi connectivity index (χ4v) is 3.19. The van der Waals surface area contributed by atoms with Gasteiger partial charge in [-0.3, -0.25) is 14.4 Å². The first-order valence-corrected chi connectivity index (χ1v) is 9.23. The second-order valence-corrected chi connectivity index (χ2v) is 6.75. The van der Waals surface area contributed by atoms with E-state index in [9.17, 15) is 14.4 Å². The third-order valence-corrected chi connectivity index (χ3v) is 4.70. The topological polar surface area (TPSA) is 72.5 Å². The number of benzene rings is 2. The van der Waals surface area contributed by atoms with Crippen LogP contribution in [0.3, 0.4) is 0 Å². The lowest BCUT2D eigenvalue weighted by atomic mass is 10.1. The minimum atomic E-state index is -0.919. The third-order valence-electron chi connectivity index (χ3n) is 4.70. The van der Waals surface area contributed by atoms with Crippen molar-refractivity contribution < 1.29 is 19.1 Å². The molecule has 1 N–H and O–H groups in total. The molecule has 2 aromatic rings. The van der Waals surface area contributed by atoms with Crippen LogP contribution < -0.4 is 5.32 Å². The molecule has 0 aliphatic heterocycles. The van der Waals surface area contributed by atoms with Crippen molar-refractivity contribution in [3.63, 3.8) is 0 Å². The van der Waals surface area contributed by atoms with Gasteiger partial charge in [-0.05, 0) is 49.4 Å². The number of nitrogens with one attached hydrogen (secondary N) is 1. The molecule has 0 unspecified atom stereocenters. The first-order chi connectivity index (χ1) is 13.0. The zero-order valence-electron chi connectivity index (χ0n) is 15.4. The molecule has 0 bridgehead atoms. The summed E-state index contributed by atoms with van der Waals surface area (Å²) >= 11 is 0. The van der Waals surface area contributed by atoms with E-state index in [0.29, 0.717) is 11.3 Å². The summed E-state index contributed by atoms with van der Waals surface area (Å²) in [5, 5.41) is 2.78. The summed E-state index contributed by atoms with van der Waals surface area (Å²) < 4.78 is 5.16. The predicted octanol–water partition coefficient (Wildman–Crippen LogP) is 3.71. The number of aryl methyl sites for hydroxylation is 2. The second kappa shape index (κ2) is 8.62. The van der Waals surface area contributed by atoms with Gasteiger partial charge in [0, 0.05) is 17.7 Å². The van der Waals surface area contributed by atoms with Crippen LogP contribution in [-0.4, -0.2) is 23.8 Å². The normalized spacial score (nSPS) is 13.5. The third kappa shape index (κ3) is 5.03. The molecule has 1 amide bonds. The van der Waals surface area contributed by atoms with E-state index in [2.05, 4.69) is 5.32 Å². The summed E-state index contributed by atoms with van der Waals surface area (Å²) in [4.78, 5) is 36.2. The Balaban J connectivity index is 1.46. The number of esters is 1. The Morgan fingerprint density at radius 1 is 1.00 bits per heavy atom.